The normalized spacial score (nSPS) is 31.5. The van der Waals surface area contributed by atoms with Crippen LogP contribution < -0.4 is 10.9 Å². The van der Waals surface area contributed by atoms with Crippen molar-refractivity contribution < 1.29 is 9.59 Å². The summed E-state index contributed by atoms with van der Waals surface area (Å²) in [7, 11) is 0. The van der Waals surface area contributed by atoms with Crippen LogP contribution in [0.4, 0.5) is 0 Å². The minimum Gasteiger partial charge on any atom is -0.302 e. The fourth-order valence-corrected chi connectivity index (χ4v) is 10.7. The zero-order valence-electron chi connectivity index (χ0n) is 25.7. The maximum Gasteiger partial charge on any atom is 0.263 e. The smallest absolute Gasteiger partial charge is 0.263 e. The number of benzene rings is 1. The van der Waals surface area contributed by atoms with Gasteiger partial charge in [0.2, 0.25) is 11.8 Å². The zero-order valence-corrected chi connectivity index (χ0v) is 26.5. The quantitative estimate of drug-likeness (QED) is 0.250. The zero-order chi connectivity index (χ0) is 29.6. The van der Waals surface area contributed by atoms with Gasteiger partial charge in [0.1, 0.15) is 11.9 Å². The van der Waals surface area contributed by atoms with Gasteiger partial charge in [0, 0.05) is 24.4 Å². The summed E-state index contributed by atoms with van der Waals surface area (Å²) in [4.78, 5) is 48.9. The highest BCUT2D eigenvalue weighted by atomic mass is 32.2. The molecule has 4 bridgehead atoms. The monoisotopic (exact) mass is 605 g/mol. The van der Waals surface area contributed by atoms with Gasteiger partial charge in [-0.25, -0.2) is 4.98 Å². The Kier molecular flexibility index (Phi) is 8.42. The molecule has 3 heterocycles. The Hall–Kier alpha value is -2.23. The first-order valence-electron chi connectivity index (χ1n) is 16.8. The second-order valence-corrected chi connectivity index (χ2v) is 15.5. The van der Waals surface area contributed by atoms with E-state index in [0.29, 0.717) is 28.6 Å². The lowest BCUT2D eigenvalue weighted by Gasteiger charge is -2.57. The molecule has 2 saturated heterocycles. The summed E-state index contributed by atoms with van der Waals surface area (Å²) in [6.45, 7) is 8.88. The van der Waals surface area contributed by atoms with Gasteiger partial charge in [-0.1, -0.05) is 6.07 Å². The summed E-state index contributed by atoms with van der Waals surface area (Å²) >= 11 is 1.71. The van der Waals surface area contributed by atoms with Crippen LogP contribution >= 0.6 is 11.8 Å². The van der Waals surface area contributed by atoms with E-state index < -0.39 is 11.9 Å². The highest BCUT2D eigenvalue weighted by Crippen LogP contribution is 2.61. The van der Waals surface area contributed by atoms with Crippen molar-refractivity contribution in [1.82, 2.24) is 24.7 Å². The van der Waals surface area contributed by atoms with Crippen LogP contribution in [-0.2, 0) is 9.59 Å². The van der Waals surface area contributed by atoms with E-state index in [2.05, 4.69) is 20.1 Å². The topological polar surface area (TPSA) is 87.5 Å². The van der Waals surface area contributed by atoms with Crippen molar-refractivity contribution in [2.75, 3.05) is 45.0 Å². The van der Waals surface area contributed by atoms with Gasteiger partial charge in [-0.2, -0.15) is 0 Å². The van der Waals surface area contributed by atoms with E-state index in [9.17, 15) is 14.4 Å². The molecule has 8 nitrogen and oxygen atoms in total. The van der Waals surface area contributed by atoms with Crippen molar-refractivity contribution in [1.29, 1.82) is 0 Å². The van der Waals surface area contributed by atoms with Crippen LogP contribution in [0, 0.1) is 30.1 Å². The Bertz CT molecular complexity index is 1400. The molecule has 4 aliphatic carbocycles. The standard InChI is InChI=1S/C34H47N5O3S/c1-23-35-27-5-2-6-29(31(27)33(42)39(23)28-7-8-30(40)36-32(28)41)43-16-4-12-37-10-3-11-38(15-14-37)13-9-34-20-24-17-25(21-34)19-26(18-24)22-34/h2,5-6,24-26,28H,3-4,7-22H2,1H3,(H,36,40,41). The highest BCUT2D eigenvalue weighted by Gasteiger charge is 2.50. The molecule has 1 unspecified atom stereocenters. The number of amides is 2. The molecule has 232 valence electrons. The summed E-state index contributed by atoms with van der Waals surface area (Å²) in [6, 6.07) is 5.12. The number of aryl methyl sites for hydroxylation is 1. The molecule has 43 heavy (non-hydrogen) atoms. The third-order valence-electron chi connectivity index (χ3n) is 11.3. The molecular formula is C34H47N5O3S. The summed E-state index contributed by atoms with van der Waals surface area (Å²) in [5.41, 5.74) is 1.15. The predicted octanol–water partition coefficient (Wildman–Crippen LogP) is 4.78. The molecule has 0 spiro atoms. The number of nitrogens with zero attached hydrogens (tertiary/aromatic N) is 4. The largest absolute Gasteiger partial charge is 0.302 e. The maximum absolute atomic E-state index is 13.7. The molecule has 4 saturated carbocycles. The van der Waals surface area contributed by atoms with E-state index >= 15 is 0 Å². The molecular weight excluding hydrogens is 558 g/mol. The molecule has 2 aliphatic heterocycles. The number of hydrogen-bond acceptors (Lipinski definition) is 7. The number of fused-ring (bicyclic) bond motifs is 1. The summed E-state index contributed by atoms with van der Waals surface area (Å²) < 4.78 is 1.49. The highest BCUT2D eigenvalue weighted by molar-refractivity contribution is 7.99. The van der Waals surface area contributed by atoms with Crippen LogP contribution in [0.5, 0.6) is 0 Å². The molecule has 1 N–H and O–H groups in total. The van der Waals surface area contributed by atoms with Gasteiger partial charge >= 0.3 is 0 Å². The molecule has 6 aliphatic rings. The van der Waals surface area contributed by atoms with E-state index in [-0.39, 0.29) is 17.9 Å². The fraction of sp³-hybridized carbons (Fsp3) is 0.706. The van der Waals surface area contributed by atoms with Crippen LogP contribution in [-0.4, -0.2) is 76.2 Å². The average molecular weight is 606 g/mol. The van der Waals surface area contributed by atoms with Crippen molar-refractivity contribution in [2.24, 2.45) is 23.2 Å². The molecule has 9 heteroatoms. The number of carbonyl (C=O) groups is 2. The SMILES string of the molecule is Cc1nc2cccc(SCCCN3CCCN(CCC45CC6CC(CC(C6)C4)C5)CC3)c2c(=O)n1C1CCC(=O)NC1=O. The summed E-state index contributed by atoms with van der Waals surface area (Å²) in [6.07, 6.45) is 13.5. The van der Waals surface area contributed by atoms with Crippen molar-refractivity contribution in [3.05, 3.63) is 34.4 Å². The van der Waals surface area contributed by atoms with Crippen molar-refractivity contribution in [3.63, 3.8) is 0 Å². The van der Waals surface area contributed by atoms with E-state index in [4.69, 9.17) is 0 Å². The first-order chi connectivity index (χ1) is 20.9. The number of imide groups is 1. The number of nitrogens with one attached hydrogen (secondary N) is 1. The van der Waals surface area contributed by atoms with Crippen LogP contribution in [0.25, 0.3) is 10.9 Å². The van der Waals surface area contributed by atoms with Crippen molar-refractivity contribution in [3.8, 4) is 0 Å². The summed E-state index contributed by atoms with van der Waals surface area (Å²) in [5, 5.41) is 2.96. The first-order valence-corrected chi connectivity index (χ1v) is 17.8. The maximum atomic E-state index is 13.7. The number of carbonyl (C=O) groups excluding carboxylic acids is 2. The van der Waals surface area contributed by atoms with E-state index in [1.54, 1.807) is 18.7 Å². The van der Waals surface area contributed by atoms with Crippen LogP contribution in [0.1, 0.15) is 82.5 Å². The Labute approximate surface area is 259 Å². The first kappa shape index (κ1) is 29.5. The van der Waals surface area contributed by atoms with Gasteiger partial charge in [-0.15, -0.1) is 11.8 Å². The number of piperidine rings is 1. The third kappa shape index (κ3) is 6.19. The van der Waals surface area contributed by atoms with Gasteiger partial charge in [0.05, 0.1) is 10.9 Å². The van der Waals surface area contributed by atoms with Crippen molar-refractivity contribution in [2.45, 2.75) is 88.5 Å². The van der Waals surface area contributed by atoms with Gasteiger partial charge in [-0.05, 0) is 138 Å². The summed E-state index contributed by atoms with van der Waals surface area (Å²) in [5.74, 6) is 3.86. The van der Waals surface area contributed by atoms with E-state index in [0.717, 1.165) is 47.9 Å². The Morgan fingerprint density at radius 3 is 2.35 bits per heavy atom. The number of hydrogen-bond donors (Lipinski definition) is 1. The number of aromatic nitrogens is 2. The lowest BCUT2D eigenvalue weighted by molar-refractivity contribution is -0.135. The molecule has 1 aromatic carbocycles. The Morgan fingerprint density at radius 2 is 1.65 bits per heavy atom. The van der Waals surface area contributed by atoms with Gasteiger partial charge in [-0.3, -0.25) is 24.3 Å². The van der Waals surface area contributed by atoms with Crippen LogP contribution in [0.15, 0.2) is 27.9 Å². The predicted molar refractivity (Wildman–Crippen MR) is 170 cm³/mol. The van der Waals surface area contributed by atoms with Crippen LogP contribution in [0.2, 0.25) is 0 Å². The van der Waals surface area contributed by atoms with Gasteiger partial charge in [0.25, 0.3) is 5.56 Å². The lowest BCUT2D eigenvalue weighted by Crippen LogP contribution is -2.47. The molecule has 6 fully saturated rings. The van der Waals surface area contributed by atoms with Crippen LogP contribution in [0.3, 0.4) is 0 Å². The van der Waals surface area contributed by atoms with E-state index in [1.165, 1.54) is 82.1 Å². The molecule has 1 aromatic heterocycles. The molecule has 8 rings (SSSR count). The molecule has 2 aromatic rings. The van der Waals surface area contributed by atoms with Crippen molar-refractivity contribution >= 4 is 34.5 Å². The minimum absolute atomic E-state index is 0.193. The lowest BCUT2D eigenvalue weighted by atomic mass is 9.49. The molecule has 1 atom stereocenters. The Balaban J connectivity index is 0.919. The van der Waals surface area contributed by atoms with Gasteiger partial charge in [0.15, 0.2) is 0 Å². The number of rotatable bonds is 9. The minimum atomic E-state index is -0.699. The Morgan fingerprint density at radius 1 is 0.953 bits per heavy atom. The molecule has 0 radical (unpaired) electrons. The molecule has 2 amide bonds. The second kappa shape index (κ2) is 12.3. The fourth-order valence-electron chi connectivity index (χ4n) is 9.67. The number of thioether (sulfide) groups is 1. The third-order valence-corrected chi connectivity index (χ3v) is 12.4. The second-order valence-electron chi connectivity index (χ2n) is 14.4. The average Bonchev–Trinajstić information content (AvgIpc) is 3.20. The van der Waals surface area contributed by atoms with Gasteiger partial charge < -0.3 is 9.80 Å². The van der Waals surface area contributed by atoms with E-state index in [1.807, 2.05) is 18.2 Å².